The van der Waals surface area contributed by atoms with Crippen molar-refractivity contribution in [3.05, 3.63) is 18.6 Å². The minimum Gasteiger partial charge on any atom is -0.481 e. The van der Waals surface area contributed by atoms with Crippen molar-refractivity contribution >= 4 is 17.7 Å². The number of rotatable bonds is 3. The topological polar surface area (TPSA) is 63.1 Å². The minimum atomic E-state index is -0.682. The van der Waals surface area contributed by atoms with E-state index in [-0.39, 0.29) is 16.6 Å². The molecule has 1 aromatic rings. The number of nitrogens with zero attached hydrogens (tertiary/aromatic N) is 2. The van der Waals surface area contributed by atoms with Crippen molar-refractivity contribution in [1.29, 1.82) is 0 Å². The van der Waals surface area contributed by atoms with Crippen LogP contribution in [0.3, 0.4) is 0 Å². The molecule has 1 heterocycles. The molecule has 1 aliphatic carbocycles. The second-order valence-corrected chi connectivity index (χ2v) is 7.78. The maximum atomic E-state index is 11.5. The summed E-state index contributed by atoms with van der Waals surface area (Å²) in [6.07, 6.45) is 7.69. The predicted octanol–water partition coefficient (Wildman–Crippen LogP) is 3.48. The Morgan fingerprint density at radius 3 is 2.65 bits per heavy atom. The van der Waals surface area contributed by atoms with Gasteiger partial charge in [-0.1, -0.05) is 20.8 Å². The van der Waals surface area contributed by atoms with Gasteiger partial charge in [-0.05, 0) is 30.6 Å². The first kappa shape index (κ1) is 15.3. The highest BCUT2D eigenvalue weighted by molar-refractivity contribution is 7.99. The Hall–Kier alpha value is -1.10. The molecule has 0 amide bonds. The summed E-state index contributed by atoms with van der Waals surface area (Å²) in [7, 11) is 0. The van der Waals surface area contributed by atoms with Gasteiger partial charge in [0.05, 0.1) is 12.1 Å². The van der Waals surface area contributed by atoms with Crippen LogP contribution in [0.2, 0.25) is 0 Å². The van der Waals surface area contributed by atoms with E-state index in [4.69, 9.17) is 0 Å². The molecule has 1 aromatic heterocycles. The van der Waals surface area contributed by atoms with Crippen LogP contribution in [0.5, 0.6) is 0 Å². The van der Waals surface area contributed by atoms with Gasteiger partial charge in [-0.15, -0.1) is 11.8 Å². The fourth-order valence-corrected chi connectivity index (χ4v) is 4.13. The van der Waals surface area contributed by atoms with Crippen molar-refractivity contribution in [2.24, 2.45) is 17.3 Å². The summed E-state index contributed by atoms with van der Waals surface area (Å²) < 4.78 is 0. The summed E-state index contributed by atoms with van der Waals surface area (Å²) >= 11 is 1.57. The van der Waals surface area contributed by atoms with E-state index in [0.29, 0.717) is 5.92 Å². The molecule has 2 rings (SSSR count). The van der Waals surface area contributed by atoms with E-state index in [0.717, 1.165) is 24.3 Å². The van der Waals surface area contributed by atoms with Crippen LogP contribution in [0, 0.1) is 17.3 Å². The van der Waals surface area contributed by atoms with Crippen molar-refractivity contribution < 1.29 is 9.90 Å². The molecule has 1 N–H and O–H groups in total. The highest BCUT2D eigenvalue weighted by Crippen LogP contribution is 2.45. The minimum absolute atomic E-state index is 0.0853. The molecule has 20 heavy (non-hydrogen) atoms. The zero-order chi connectivity index (χ0) is 14.8. The third kappa shape index (κ3) is 3.72. The molecular weight excluding hydrogens is 272 g/mol. The van der Waals surface area contributed by atoms with Crippen LogP contribution in [-0.4, -0.2) is 26.3 Å². The van der Waals surface area contributed by atoms with Crippen molar-refractivity contribution in [2.45, 2.75) is 50.3 Å². The number of carbonyl (C=O) groups is 1. The Bertz CT molecular complexity index is 459. The van der Waals surface area contributed by atoms with Crippen LogP contribution in [0.4, 0.5) is 0 Å². The molecule has 0 saturated heterocycles. The monoisotopic (exact) mass is 294 g/mol. The number of carboxylic acids is 1. The first-order valence-corrected chi connectivity index (χ1v) is 7.91. The van der Waals surface area contributed by atoms with E-state index in [9.17, 15) is 9.90 Å². The molecule has 1 aliphatic rings. The summed E-state index contributed by atoms with van der Waals surface area (Å²) in [5.74, 6) is -0.397. The van der Waals surface area contributed by atoms with E-state index in [2.05, 4.69) is 30.7 Å². The van der Waals surface area contributed by atoms with Gasteiger partial charge in [0.2, 0.25) is 0 Å². The van der Waals surface area contributed by atoms with Gasteiger partial charge in [0.15, 0.2) is 0 Å². The van der Waals surface area contributed by atoms with Gasteiger partial charge in [0, 0.05) is 17.6 Å². The van der Waals surface area contributed by atoms with E-state index < -0.39 is 5.97 Å². The van der Waals surface area contributed by atoms with Crippen molar-refractivity contribution in [3.8, 4) is 0 Å². The Kier molecular flexibility index (Phi) is 4.68. The van der Waals surface area contributed by atoms with Crippen molar-refractivity contribution in [2.75, 3.05) is 0 Å². The van der Waals surface area contributed by atoms with E-state index in [1.807, 2.05) is 0 Å². The number of thioether (sulfide) groups is 1. The van der Waals surface area contributed by atoms with Crippen molar-refractivity contribution in [3.63, 3.8) is 0 Å². The smallest absolute Gasteiger partial charge is 0.307 e. The Balaban J connectivity index is 2.13. The first-order chi connectivity index (χ1) is 9.38. The molecule has 4 nitrogen and oxygen atoms in total. The third-order valence-corrected chi connectivity index (χ3v) is 5.42. The molecule has 110 valence electrons. The van der Waals surface area contributed by atoms with Gasteiger partial charge in [-0.2, -0.15) is 0 Å². The predicted molar refractivity (Wildman–Crippen MR) is 79.6 cm³/mol. The lowest BCUT2D eigenvalue weighted by atomic mass is 9.69. The fourth-order valence-electron chi connectivity index (χ4n) is 2.83. The summed E-state index contributed by atoms with van der Waals surface area (Å²) in [6, 6.07) is 0. The number of hydrogen-bond acceptors (Lipinski definition) is 4. The van der Waals surface area contributed by atoms with Crippen LogP contribution < -0.4 is 0 Å². The Labute approximate surface area is 124 Å². The number of aliphatic carboxylic acids is 1. The molecular formula is C15H22N2O2S. The molecule has 0 radical (unpaired) electrons. The lowest BCUT2D eigenvalue weighted by molar-refractivity contribution is -0.143. The molecule has 3 unspecified atom stereocenters. The Morgan fingerprint density at radius 1 is 1.35 bits per heavy atom. The van der Waals surface area contributed by atoms with Crippen molar-refractivity contribution in [1.82, 2.24) is 9.97 Å². The molecule has 5 heteroatoms. The largest absolute Gasteiger partial charge is 0.481 e. The molecule has 3 atom stereocenters. The summed E-state index contributed by atoms with van der Waals surface area (Å²) in [4.78, 5) is 19.8. The van der Waals surface area contributed by atoms with Gasteiger partial charge < -0.3 is 5.11 Å². The lowest BCUT2D eigenvalue weighted by Crippen LogP contribution is -2.37. The van der Waals surface area contributed by atoms with Crippen LogP contribution >= 0.6 is 11.8 Å². The summed E-state index contributed by atoms with van der Waals surface area (Å²) in [5.41, 5.74) is 0.227. The van der Waals surface area contributed by atoms with Gasteiger partial charge in [0.1, 0.15) is 5.03 Å². The van der Waals surface area contributed by atoms with Gasteiger partial charge >= 0.3 is 5.97 Å². The average Bonchev–Trinajstić information content (AvgIpc) is 2.38. The van der Waals surface area contributed by atoms with Crippen LogP contribution in [0.1, 0.15) is 40.0 Å². The van der Waals surface area contributed by atoms with E-state index in [1.165, 1.54) is 0 Å². The second-order valence-electron chi connectivity index (χ2n) is 6.52. The molecule has 0 spiro atoms. The third-order valence-electron chi connectivity index (χ3n) is 4.15. The number of carboxylic acid groups (broad SMARTS) is 1. The normalized spacial score (nSPS) is 27.2. The highest BCUT2D eigenvalue weighted by Gasteiger charge is 2.39. The summed E-state index contributed by atoms with van der Waals surface area (Å²) in [6.45, 7) is 6.72. The number of hydrogen-bond donors (Lipinski definition) is 1. The van der Waals surface area contributed by atoms with Gasteiger partial charge in [-0.3, -0.25) is 9.78 Å². The average molecular weight is 294 g/mol. The fraction of sp³-hybridized carbons (Fsp3) is 0.667. The van der Waals surface area contributed by atoms with E-state index in [1.54, 1.807) is 30.4 Å². The molecule has 0 aromatic carbocycles. The standard InChI is InChI=1S/C15H22N2O2S/c1-15(2,3)10-4-5-11(14(18)19)12(8-10)20-13-9-16-6-7-17-13/h6-7,9-12H,4-5,8H2,1-3H3,(H,18,19). The van der Waals surface area contributed by atoms with Gasteiger partial charge in [0.25, 0.3) is 0 Å². The van der Waals surface area contributed by atoms with Crippen LogP contribution in [-0.2, 0) is 4.79 Å². The quantitative estimate of drug-likeness (QED) is 0.924. The molecule has 1 saturated carbocycles. The first-order valence-electron chi connectivity index (χ1n) is 7.03. The lowest BCUT2D eigenvalue weighted by Gasteiger charge is -2.40. The van der Waals surface area contributed by atoms with Gasteiger partial charge in [-0.25, -0.2) is 4.98 Å². The maximum absolute atomic E-state index is 11.5. The maximum Gasteiger partial charge on any atom is 0.307 e. The van der Waals surface area contributed by atoms with Crippen LogP contribution in [0.25, 0.3) is 0 Å². The number of aromatic nitrogens is 2. The molecule has 0 aliphatic heterocycles. The SMILES string of the molecule is CC(C)(C)C1CCC(C(=O)O)C(Sc2cnccn2)C1. The van der Waals surface area contributed by atoms with E-state index >= 15 is 0 Å². The zero-order valence-corrected chi connectivity index (χ0v) is 13.1. The molecule has 1 fully saturated rings. The Morgan fingerprint density at radius 2 is 2.10 bits per heavy atom. The molecule has 0 bridgehead atoms. The summed E-state index contributed by atoms with van der Waals surface area (Å²) in [5, 5.41) is 10.3. The zero-order valence-electron chi connectivity index (χ0n) is 12.2. The highest BCUT2D eigenvalue weighted by atomic mass is 32.2. The second kappa shape index (κ2) is 6.12. The van der Waals surface area contributed by atoms with Crippen LogP contribution in [0.15, 0.2) is 23.6 Å².